The zero-order chi connectivity index (χ0) is 22.7. The van der Waals surface area contributed by atoms with Crippen molar-refractivity contribution in [2.24, 2.45) is 0 Å². The van der Waals surface area contributed by atoms with Crippen LogP contribution < -0.4 is 4.74 Å². The van der Waals surface area contributed by atoms with Crippen molar-refractivity contribution in [3.63, 3.8) is 0 Å². The average Bonchev–Trinajstić information content (AvgIpc) is 3.08. The van der Waals surface area contributed by atoms with Gasteiger partial charge in [-0.25, -0.2) is 0 Å². The topological polar surface area (TPSA) is 87.1 Å². The van der Waals surface area contributed by atoms with Gasteiger partial charge in [0.25, 0.3) is 11.7 Å². The number of rotatable bonds is 6. The van der Waals surface area contributed by atoms with Crippen LogP contribution in [-0.2, 0) is 16.0 Å². The molecule has 0 radical (unpaired) electrons. The van der Waals surface area contributed by atoms with Crippen LogP contribution in [0.2, 0.25) is 0 Å². The van der Waals surface area contributed by atoms with Gasteiger partial charge in [-0.1, -0.05) is 66.7 Å². The number of methoxy groups -OCH3 is 1. The van der Waals surface area contributed by atoms with Gasteiger partial charge in [-0.15, -0.1) is 0 Å². The maximum Gasteiger partial charge on any atom is 0.295 e. The van der Waals surface area contributed by atoms with E-state index in [2.05, 4.69) is 0 Å². The summed E-state index contributed by atoms with van der Waals surface area (Å²) in [6.07, 6.45) is 0.547. The average molecular weight is 429 g/mol. The zero-order valence-electron chi connectivity index (χ0n) is 17.6. The maximum atomic E-state index is 13.1. The number of likely N-dealkylation sites (tertiary alicyclic amines) is 1. The fourth-order valence-electron chi connectivity index (χ4n) is 3.97. The second-order valence-corrected chi connectivity index (χ2v) is 7.53. The monoisotopic (exact) mass is 429 g/mol. The number of carbonyl (C=O) groups is 2. The highest BCUT2D eigenvalue weighted by Crippen LogP contribution is 2.41. The van der Waals surface area contributed by atoms with Crippen molar-refractivity contribution in [2.75, 3.05) is 13.7 Å². The Morgan fingerprint density at radius 2 is 1.62 bits per heavy atom. The molecule has 1 heterocycles. The second-order valence-electron chi connectivity index (χ2n) is 7.53. The van der Waals surface area contributed by atoms with Crippen LogP contribution in [0.4, 0.5) is 0 Å². The van der Waals surface area contributed by atoms with Crippen LogP contribution in [0.3, 0.4) is 0 Å². The fourth-order valence-corrected chi connectivity index (χ4v) is 3.97. The third kappa shape index (κ3) is 3.95. The zero-order valence-corrected chi connectivity index (χ0v) is 17.6. The normalized spacial score (nSPS) is 17.5. The van der Waals surface area contributed by atoms with Crippen molar-refractivity contribution < 1.29 is 24.5 Å². The maximum absolute atomic E-state index is 13.1. The Labute approximate surface area is 186 Å². The molecule has 0 aliphatic carbocycles. The quantitative estimate of drug-likeness (QED) is 0.351. The number of hydrogen-bond donors (Lipinski definition) is 2. The molecule has 32 heavy (non-hydrogen) atoms. The number of carbonyl (C=O) groups excluding carboxylic acids is 2. The van der Waals surface area contributed by atoms with Gasteiger partial charge < -0.3 is 19.8 Å². The molecule has 1 unspecified atom stereocenters. The summed E-state index contributed by atoms with van der Waals surface area (Å²) < 4.78 is 5.23. The van der Waals surface area contributed by atoms with E-state index < -0.39 is 17.7 Å². The molecule has 6 heteroatoms. The number of ether oxygens (including phenoxy) is 1. The first kappa shape index (κ1) is 21.2. The number of nitrogens with zero attached hydrogens (tertiary/aromatic N) is 1. The minimum absolute atomic E-state index is 0.0157. The van der Waals surface area contributed by atoms with Crippen molar-refractivity contribution in [1.82, 2.24) is 4.90 Å². The molecule has 0 aromatic heterocycles. The summed E-state index contributed by atoms with van der Waals surface area (Å²) in [4.78, 5) is 27.6. The third-order valence-corrected chi connectivity index (χ3v) is 5.59. The van der Waals surface area contributed by atoms with E-state index in [4.69, 9.17) is 4.74 Å². The summed E-state index contributed by atoms with van der Waals surface area (Å²) >= 11 is 0. The molecule has 4 rings (SSSR count). The molecule has 1 fully saturated rings. The van der Waals surface area contributed by atoms with Gasteiger partial charge in [0.15, 0.2) is 11.5 Å². The lowest BCUT2D eigenvalue weighted by molar-refractivity contribution is -0.139. The van der Waals surface area contributed by atoms with E-state index in [1.165, 1.54) is 18.1 Å². The Morgan fingerprint density at radius 3 is 2.28 bits per heavy atom. The van der Waals surface area contributed by atoms with Crippen molar-refractivity contribution in [1.29, 1.82) is 0 Å². The van der Waals surface area contributed by atoms with E-state index in [-0.39, 0.29) is 29.4 Å². The molecule has 3 aromatic rings. The molecule has 0 bridgehead atoms. The minimum atomic E-state index is -0.812. The van der Waals surface area contributed by atoms with E-state index in [0.717, 1.165) is 5.56 Å². The summed E-state index contributed by atoms with van der Waals surface area (Å²) in [6.45, 7) is 0.286. The number of benzene rings is 3. The lowest BCUT2D eigenvalue weighted by Crippen LogP contribution is -2.31. The summed E-state index contributed by atoms with van der Waals surface area (Å²) in [5.41, 5.74) is 2.05. The molecule has 1 saturated heterocycles. The fraction of sp³-hybridized carbons (Fsp3) is 0.154. The molecule has 0 spiro atoms. The number of amides is 1. The third-order valence-electron chi connectivity index (χ3n) is 5.59. The van der Waals surface area contributed by atoms with Gasteiger partial charge >= 0.3 is 0 Å². The highest BCUT2D eigenvalue weighted by atomic mass is 16.5. The van der Waals surface area contributed by atoms with Crippen molar-refractivity contribution in [3.05, 3.63) is 101 Å². The first-order valence-corrected chi connectivity index (χ1v) is 10.3. The summed E-state index contributed by atoms with van der Waals surface area (Å²) in [5.74, 6) is -1.48. The SMILES string of the molecule is COc1cc(C2C(=C(O)c3ccccc3)C(=O)C(=O)N2CCc2ccccc2)ccc1O. The van der Waals surface area contributed by atoms with Crippen LogP contribution in [0.1, 0.15) is 22.7 Å². The largest absolute Gasteiger partial charge is 0.507 e. The summed E-state index contributed by atoms with van der Waals surface area (Å²) in [7, 11) is 1.43. The predicted octanol–water partition coefficient (Wildman–Crippen LogP) is 4.07. The van der Waals surface area contributed by atoms with Gasteiger partial charge in [0.2, 0.25) is 0 Å². The number of Topliss-reactive ketones (excluding diaryl/α,β-unsaturated/α-hetero) is 1. The molecule has 2 N–H and O–H groups in total. The second kappa shape index (κ2) is 8.98. The van der Waals surface area contributed by atoms with Crippen LogP contribution in [-0.4, -0.2) is 40.5 Å². The Bertz CT molecular complexity index is 1170. The van der Waals surface area contributed by atoms with Gasteiger partial charge in [0.1, 0.15) is 5.76 Å². The van der Waals surface area contributed by atoms with Gasteiger partial charge in [-0.05, 0) is 29.7 Å². The Kier molecular flexibility index (Phi) is 5.94. The van der Waals surface area contributed by atoms with Crippen LogP contribution >= 0.6 is 0 Å². The van der Waals surface area contributed by atoms with E-state index in [9.17, 15) is 19.8 Å². The minimum Gasteiger partial charge on any atom is -0.507 e. The van der Waals surface area contributed by atoms with Crippen molar-refractivity contribution >= 4 is 17.4 Å². The van der Waals surface area contributed by atoms with Gasteiger partial charge in [-0.3, -0.25) is 9.59 Å². The van der Waals surface area contributed by atoms with Crippen LogP contribution in [0, 0.1) is 0 Å². The van der Waals surface area contributed by atoms with Crippen LogP contribution in [0.15, 0.2) is 84.4 Å². The van der Waals surface area contributed by atoms with Gasteiger partial charge in [0.05, 0.1) is 18.7 Å². The van der Waals surface area contributed by atoms with E-state index in [0.29, 0.717) is 17.5 Å². The molecular weight excluding hydrogens is 406 g/mol. The molecule has 0 saturated carbocycles. The Hall–Kier alpha value is -4.06. The number of aromatic hydroxyl groups is 1. The number of aliphatic hydroxyl groups is 1. The Morgan fingerprint density at radius 1 is 0.969 bits per heavy atom. The molecule has 6 nitrogen and oxygen atoms in total. The molecule has 1 atom stereocenters. The molecule has 3 aromatic carbocycles. The van der Waals surface area contributed by atoms with Gasteiger partial charge in [0, 0.05) is 12.1 Å². The van der Waals surface area contributed by atoms with Crippen LogP contribution in [0.25, 0.3) is 5.76 Å². The van der Waals surface area contributed by atoms with E-state index in [1.54, 1.807) is 42.5 Å². The number of phenols is 1. The number of ketones is 1. The first-order chi connectivity index (χ1) is 15.5. The smallest absolute Gasteiger partial charge is 0.295 e. The molecule has 162 valence electrons. The highest BCUT2D eigenvalue weighted by molar-refractivity contribution is 6.46. The predicted molar refractivity (Wildman–Crippen MR) is 120 cm³/mol. The molecule has 1 amide bonds. The summed E-state index contributed by atoms with van der Waals surface area (Å²) in [5, 5.41) is 21.0. The molecule has 1 aliphatic heterocycles. The highest BCUT2D eigenvalue weighted by Gasteiger charge is 2.46. The molecule has 1 aliphatic rings. The Balaban J connectivity index is 1.81. The van der Waals surface area contributed by atoms with Crippen molar-refractivity contribution in [3.8, 4) is 11.5 Å². The van der Waals surface area contributed by atoms with Crippen molar-refractivity contribution in [2.45, 2.75) is 12.5 Å². The lowest BCUT2D eigenvalue weighted by Gasteiger charge is -2.26. The number of aliphatic hydroxyl groups excluding tert-OH is 1. The first-order valence-electron chi connectivity index (χ1n) is 10.3. The van der Waals surface area contributed by atoms with Crippen LogP contribution in [0.5, 0.6) is 11.5 Å². The number of hydrogen-bond acceptors (Lipinski definition) is 5. The lowest BCUT2D eigenvalue weighted by atomic mass is 9.95. The summed E-state index contributed by atoms with van der Waals surface area (Å²) in [6, 6.07) is 22.2. The molecular formula is C26H23NO5. The van der Waals surface area contributed by atoms with E-state index >= 15 is 0 Å². The van der Waals surface area contributed by atoms with Gasteiger partial charge in [-0.2, -0.15) is 0 Å². The van der Waals surface area contributed by atoms with E-state index in [1.807, 2.05) is 30.3 Å². The number of phenolic OH excluding ortho intramolecular Hbond substituents is 1. The standard InChI is InChI=1S/C26H23NO5/c1-32-21-16-19(12-13-20(21)28)23-22(24(29)18-10-6-3-7-11-18)25(30)26(31)27(23)15-14-17-8-4-2-5-9-17/h2-13,16,23,28-29H,14-15H2,1H3.